The van der Waals surface area contributed by atoms with Gasteiger partial charge < -0.3 is 14.9 Å². The summed E-state index contributed by atoms with van der Waals surface area (Å²) in [6.07, 6.45) is 0. The van der Waals surface area contributed by atoms with E-state index in [1.54, 1.807) is 42.5 Å². The average Bonchev–Trinajstić information content (AvgIpc) is 2.41. The summed E-state index contributed by atoms with van der Waals surface area (Å²) in [7, 11) is 0. The molecule has 0 amide bonds. The molecule has 98 valence electrons. The van der Waals surface area contributed by atoms with Crippen molar-refractivity contribution in [2.45, 2.75) is 6.92 Å². The fraction of sp³-hybridized carbons (Fsp3) is 0.133. The van der Waals surface area contributed by atoms with Crippen LogP contribution in [-0.2, 0) is 0 Å². The van der Waals surface area contributed by atoms with Gasteiger partial charge in [-0.05, 0) is 42.3 Å². The van der Waals surface area contributed by atoms with E-state index in [4.69, 9.17) is 9.84 Å². The Morgan fingerprint density at radius 2 is 1.74 bits per heavy atom. The Morgan fingerprint density at radius 3 is 2.32 bits per heavy atom. The van der Waals surface area contributed by atoms with Gasteiger partial charge in [0, 0.05) is 0 Å². The number of carboxylic acids is 1. The highest BCUT2D eigenvalue weighted by Crippen LogP contribution is 2.31. The summed E-state index contributed by atoms with van der Waals surface area (Å²) in [5.74, 6) is -0.442. The van der Waals surface area contributed by atoms with Crippen molar-refractivity contribution in [2.75, 3.05) is 6.61 Å². The van der Waals surface area contributed by atoms with Crippen LogP contribution in [0.1, 0.15) is 17.3 Å². The first-order valence-electron chi connectivity index (χ1n) is 5.91. The highest BCUT2D eigenvalue weighted by Gasteiger charge is 2.07. The summed E-state index contributed by atoms with van der Waals surface area (Å²) in [5.41, 5.74) is 1.97. The van der Waals surface area contributed by atoms with E-state index in [0.717, 1.165) is 11.1 Å². The summed E-state index contributed by atoms with van der Waals surface area (Å²) in [6.45, 7) is 2.31. The zero-order valence-corrected chi connectivity index (χ0v) is 10.5. The van der Waals surface area contributed by atoms with Crippen LogP contribution < -0.4 is 4.74 Å². The van der Waals surface area contributed by atoms with Crippen molar-refractivity contribution in [2.24, 2.45) is 0 Å². The standard InChI is InChI=1S/C15H14O4/c1-2-19-14-9-12(7-8-13(14)16)10-3-5-11(6-4-10)15(17)18/h3-9,16H,2H2,1H3,(H,17,18). The van der Waals surface area contributed by atoms with Gasteiger partial charge in [-0.1, -0.05) is 18.2 Å². The predicted octanol–water partition coefficient (Wildman–Crippen LogP) is 3.16. The number of phenolic OH excluding ortho intramolecular Hbond substituents is 1. The zero-order valence-electron chi connectivity index (χ0n) is 10.5. The van der Waals surface area contributed by atoms with Gasteiger partial charge in [-0.3, -0.25) is 0 Å². The van der Waals surface area contributed by atoms with Gasteiger partial charge in [-0.25, -0.2) is 4.79 Å². The van der Waals surface area contributed by atoms with Crippen molar-refractivity contribution in [3.63, 3.8) is 0 Å². The van der Waals surface area contributed by atoms with Gasteiger partial charge in [0.25, 0.3) is 0 Å². The fourth-order valence-electron chi connectivity index (χ4n) is 1.77. The molecule has 0 unspecified atom stereocenters. The lowest BCUT2D eigenvalue weighted by molar-refractivity contribution is 0.0697. The van der Waals surface area contributed by atoms with E-state index in [2.05, 4.69) is 0 Å². The first kappa shape index (κ1) is 13.0. The molecule has 2 aromatic carbocycles. The number of phenols is 1. The van der Waals surface area contributed by atoms with Gasteiger partial charge in [-0.15, -0.1) is 0 Å². The second-order valence-electron chi connectivity index (χ2n) is 4.00. The molecule has 0 aliphatic rings. The largest absolute Gasteiger partial charge is 0.504 e. The highest BCUT2D eigenvalue weighted by atomic mass is 16.5. The summed E-state index contributed by atoms with van der Waals surface area (Å²) in [5, 5.41) is 18.5. The summed E-state index contributed by atoms with van der Waals surface area (Å²) in [6, 6.07) is 11.6. The van der Waals surface area contributed by atoms with E-state index in [9.17, 15) is 9.90 Å². The molecule has 2 rings (SSSR count). The maximum atomic E-state index is 10.8. The number of aromatic hydroxyl groups is 1. The minimum atomic E-state index is -0.952. The predicted molar refractivity (Wildman–Crippen MR) is 71.7 cm³/mol. The molecule has 0 fully saturated rings. The molecule has 4 nitrogen and oxygen atoms in total. The molecule has 0 aliphatic heterocycles. The molecule has 19 heavy (non-hydrogen) atoms. The topological polar surface area (TPSA) is 66.8 Å². The van der Waals surface area contributed by atoms with E-state index in [1.165, 1.54) is 0 Å². The number of carbonyl (C=O) groups is 1. The van der Waals surface area contributed by atoms with Gasteiger partial charge in [0.1, 0.15) is 0 Å². The number of hydrogen-bond acceptors (Lipinski definition) is 3. The van der Waals surface area contributed by atoms with Crippen molar-refractivity contribution < 1.29 is 19.7 Å². The summed E-state index contributed by atoms with van der Waals surface area (Å²) < 4.78 is 5.32. The Balaban J connectivity index is 2.35. The third-order valence-electron chi connectivity index (χ3n) is 2.72. The van der Waals surface area contributed by atoms with E-state index >= 15 is 0 Å². The van der Waals surface area contributed by atoms with Crippen molar-refractivity contribution in [1.82, 2.24) is 0 Å². The normalized spacial score (nSPS) is 10.2. The summed E-state index contributed by atoms with van der Waals surface area (Å²) in [4.78, 5) is 10.8. The van der Waals surface area contributed by atoms with Crippen LogP contribution in [0.3, 0.4) is 0 Å². The summed E-state index contributed by atoms with van der Waals surface area (Å²) >= 11 is 0. The van der Waals surface area contributed by atoms with Gasteiger partial charge in [-0.2, -0.15) is 0 Å². The lowest BCUT2D eigenvalue weighted by atomic mass is 10.0. The van der Waals surface area contributed by atoms with Gasteiger partial charge in [0.15, 0.2) is 11.5 Å². The molecular weight excluding hydrogens is 244 g/mol. The Kier molecular flexibility index (Phi) is 3.71. The SMILES string of the molecule is CCOc1cc(-c2ccc(C(=O)O)cc2)ccc1O. The number of aromatic carboxylic acids is 1. The van der Waals surface area contributed by atoms with Crippen LogP contribution >= 0.6 is 0 Å². The number of hydrogen-bond donors (Lipinski definition) is 2. The lowest BCUT2D eigenvalue weighted by Gasteiger charge is -2.08. The van der Waals surface area contributed by atoms with Crippen molar-refractivity contribution in [1.29, 1.82) is 0 Å². The minimum Gasteiger partial charge on any atom is -0.504 e. The highest BCUT2D eigenvalue weighted by molar-refractivity contribution is 5.88. The molecule has 0 spiro atoms. The molecule has 0 saturated heterocycles. The number of ether oxygens (including phenoxy) is 1. The molecule has 0 saturated carbocycles. The monoisotopic (exact) mass is 258 g/mol. The Hall–Kier alpha value is -2.49. The van der Waals surface area contributed by atoms with Crippen LogP contribution in [-0.4, -0.2) is 22.8 Å². The Morgan fingerprint density at radius 1 is 1.11 bits per heavy atom. The van der Waals surface area contributed by atoms with Gasteiger partial charge in [0.2, 0.25) is 0 Å². The van der Waals surface area contributed by atoms with Crippen LogP contribution in [0.25, 0.3) is 11.1 Å². The van der Waals surface area contributed by atoms with Crippen LogP contribution in [0.15, 0.2) is 42.5 Å². The first-order valence-corrected chi connectivity index (χ1v) is 5.91. The molecule has 0 heterocycles. The van der Waals surface area contributed by atoms with Crippen LogP contribution in [0.2, 0.25) is 0 Å². The van der Waals surface area contributed by atoms with Crippen molar-refractivity contribution in [3.8, 4) is 22.6 Å². The number of benzene rings is 2. The molecule has 0 aliphatic carbocycles. The van der Waals surface area contributed by atoms with E-state index in [-0.39, 0.29) is 11.3 Å². The molecule has 0 radical (unpaired) electrons. The van der Waals surface area contributed by atoms with E-state index < -0.39 is 5.97 Å². The second-order valence-corrected chi connectivity index (χ2v) is 4.00. The van der Waals surface area contributed by atoms with Gasteiger partial charge >= 0.3 is 5.97 Å². The lowest BCUT2D eigenvalue weighted by Crippen LogP contribution is -1.95. The number of rotatable bonds is 4. The minimum absolute atomic E-state index is 0.0905. The average molecular weight is 258 g/mol. The Labute approximate surface area is 110 Å². The molecule has 4 heteroatoms. The van der Waals surface area contributed by atoms with E-state index in [1.807, 2.05) is 6.92 Å². The molecule has 0 aromatic heterocycles. The van der Waals surface area contributed by atoms with E-state index in [0.29, 0.717) is 12.4 Å². The van der Waals surface area contributed by atoms with Crippen molar-refractivity contribution in [3.05, 3.63) is 48.0 Å². The molecule has 2 N–H and O–H groups in total. The molecule has 0 bridgehead atoms. The molecular formula is C15H14O4. The van der Waals surface area contributed by atoms with Crippen LogP contribution in [0.5, 0.6) is 11.5 Å². The maximum Gasteiger partial charge on any atom is 0.335 e. The third kappa shape index (κ3) is 2.85. The molecule has 0 atom stereocenters. The second kappa shape index (κ2) is 5.44. The zero-order chi connectivity index (χ0) is 13.8. The van der Waals surface area contributed by atoms with Gasteiger partial charge in [0.05, 0.1) is 12.2 Å². The molecule has 2 aromatic rings. The van der Waals surface area contributed by atoms with Crippen molar-refractivity contribution >= 4 is 5.97 Å². The van der Waals surface area contributed by atoms with Crippen LogP contribution in [0.4, 0.5) is 0 Å². The van der Waals surface area contributed by atoms with Crippen LogP contribution in [0, 0.1) is 0 Å². The first-order chi connectivity index (χ1) is 9.11. The smallest absolute Gasteiger partial charge is 0.335 e. The Bertz CT molecular complexity index is 588. The fourth-order valence-corrected chi connectivity index (χ4v) is 1.77. The quantitative estimate of drug-likeness (QED) is 0.884. The third-order valence-corrected chi connectivity index (χ3v) is 2.72. The maximum absolute atomic E-state index is 10.8. The number of carboxylic acid groups (broad SMARTS) is 1.